The fraction of sp³-hybridized carbons (Fsp3) is 0.226. The molecule has 1 amide bonds. The lowest BCUT2D eigenvalue weighted by Gasteiger charge is -2.38. The third kappa shape index (κ3) is 5.91. The van der Waals surface area contributed by atoms with Crippen molar-refractivity contribution in [3.8, 4) is 0 Å². The molecule has 0 bridgehead atoms. The number of amides is 1. The number of carboxylic acids is 1. The standard InChI is InChI=1S/C31H28BrN3O5S4/c1-20-23-19-22(8-9-27(23)43-28(20)31(37)38)44(39,40)35(12-10-21-5-4-17-41-21)26-7-3-2-6-25(26)33-13-15-34(16-14-33)30(36)29-24(32)11-18-42-29/h2-9,11,17-19H,10,12-16H2,1H3,(H,37,38). The highest BCUT2D eigenvalue weighted by Gasteiger charge is 2.31. The van der Waals surface area contributed by atoms with Gasteiger partial charge in [0.2, 0.25) is 0 Å². The van der Waals surface area contributed by atoms with Crippen molar-refractivity contribution in [2.45, 2.75) is 18.2 Å². The molecule has 0 saturated carbocycles. The van der Waals surface area contributed by atoms with Crippen LogP contribution in [-0.4, -0.2) is 63.0 Å². The Morgan fingerprint density at radius 3 is 2.41 bits per heavy atom. The molecular formula is C31H28BrN3O5S4. The first-order valence-electron chi connectivity index (χ1n) is 13.8. The van der Waals surface area contributed by atoms with Gasteiger partial charge in [-0.1, -0.05) is 18.2 Å². The number of carbonyl (C=O) groups is 2. The number of para-hydroxylation sites is 2. The maximum Gasteiger partial charge on any atom is 0.346 e. The topological polar surface area (TPSA) is 98.2 Å². The summed E-state index contributed by atoms with van der Waals surface area (Å²) in [4.78, 5) is 30.9. The molecule has 8 nitrogen and oxygen atoms in total. The average molecular weight is 731 g/mol. The molecule has 3 aromatic heterocycles. The number of carbonyl (C=O) groups excluding carboxylic acids is 1. The van der Waals surface area contributed by atoms with Gasteiger partial charge in [0.25, 0.3) is 15.9 Å². The van der Waals surface area contributed by atoms with Crippen LogP contribution >= 0.6 is 49.9 Å². The predicted octanol–water partition coefficient (Wildman–Crippen LogP) is 7.19. The van der Waals surface area contributed by atoms with Crippen molar-refractivity contribution in [1.29, 1.82) is 0 Å². The molecule has 13 heteroatoms. The Hall–Kier alpha value is -3.23. The van der Waals surface area contributed by atoms with E-state index in [1.54, 1.807) is 36.5 Å². The molecule has 2 aromatic carbocycles. The van der Waals surface area contributed by atoms with E-state index in [-0.39, 0.29) is 22.2 Å². The van der Waals surface area contributed by atoms with Gasteiger partial charge in [0.15, 0.2) is 0 Å². The Morgan fingerprint density at radius 2 is 1.73 bits per heavy atom. The van der Waals surface area contributed by atoms with Crippen molar-refractivity contribution in [2.75, 3.05) is 41.9 Å². The molecule has 0 unspecified atom stereocenters. The number of anilines is 2. The minimum Gasteiger partial charge on any atom is -0.477 e. The van der Waals surface area contributed by atoms with E-state index in [0.717, 1.165) is 31.1 Å². The summed E-state index contributed by atoms with van der Waals surface area (Å²) in [6.07, 6.45) is 0.534. The Labute approximate surface area is 276 Å². The summed E-state index contributed by atoms with van der Waals surface area (Å²) >= 11 is 7.60. The molecule has 1 fully saturated rings. The minimum absolute atomic E-state index is 0.00914. The maximum absolute atomic E-state index is 14.5. The van der Waals surface area contributed by atoms with E-state index >= 15 is 0 Å². The van der Waals surface area contributed by atoms with Gasteiger partial charge in [0, 0.05) is 53.2 Å². The average Bonchev–Trinajstić information content (AvgIpc) is 3.78. The van der Waals surface area contributed by atoms with E-state index in [1.165, 1.54) is 15.6 Å². The van der Waals surface area contributed by atoms with E-state index in [2.05, 4.69) is 20.8 Å². The van der Waals surface area contributed by atoms with Crippen LogP contribution in [-0.2, 0) is 16.4 Å². The fourth-order valence-electron chi connectivity index (χ4n) is 5.41. The van der Waals surface area contributed by atoms with Gasteiger partial charge >= 0.3 is 5.97 Å². The quantitative estimate of drug-likeness (QED) is 0.173. The van der Waals surface area contributed by atoms with Crippen molar-refractivity contribution >= 4 is 93.3 Å². The molecule has 1 aliphatic rings. The molecule has 44 heavy (non-hydrogen) atoms. The molecule has 0 radical (unpaired) electrons. The largest absolute Gasteiger partial charge is 0.477 e. The first-order valence-corrected chi connectivity index (χ1v) is 18.6. The SMILES string of the molecule is Cc1c(C(=O)O)sc2ccc(S(=O)(=O)N(CCc3cccs3)c3ccccc3N3CCN(C(=O)c4sccc4Br)CC3)cc12. The van der Waals surface area contributed by atoms with Crippen molar-refractivity contribution in [3.63, 3.8) is 0 Å². The van der Waals surface area contributed by atoms with Crippen LogP contribution in [0.25, 0.3) is 10.1 Å². The molecule has 1 aliphatic heterocycles. The summed E-state index contributed by atoms with van der Waals surface area (Å²) in [7, 11) is -4.05. The highest BCUT2D eigenvalue weighted by Crippen LogP contribution is 2.37. The van der Waals surface area contributed by atoms with Crippen LogP contribution in [0.4, 0.5) is 11.4 Å². The lowest BCUT2D eigenvalue weighted by Crippen LogP contribution is -2.49. The first kappa shape index (κ1) is 30.8. The number of carboxylic acid groups (broad SMARTS) is 1. The second-order valence-corrected chi connectivity index (χ2v) is 16.0. The summed E-state index contributed by atoms with van der Waals surface area (Å²) < 4.78 is 31.9. The summed E-state index contributed by atoms with van der Waals surface area (Å²) in [6, 6.07) is 18.2. The Balaban J connectivity index is 1.34. The van der Waals surface area contributed by atoms with Crippen LogP contribution in [0.2, 0.25) is 0 Å². The molecule has 1 saturated heterocycles. The van der Waals surface area contributed by atoms with Gasteiger partial charge in [-0.05, 0) is 87.0 Å². The van der Waals surface area contributed by atoms with Gasteiger partial charge in [-0.15, -0.1) is 34.0 Å². The minimum atomic E-state index is -4.05. The molecule has 4 heterocycles. The molecule has 1 N–H and O–H groups in total. The highest BCUT2D eigenvalue weighted by molar-refractivity contribution is 9.10. The normalized spacial score (nSPS) is 13.9. The molecule has 6 rings (SSSR count). The van der Waals surface area contributed by atoms with Crippen LogP contribution in [0.15, 0.2) is 80.8 Å². The molecule has 5 aromatic rings. The molecular weight excluding hydrogens is 703 g/mol. The summed E-state index contributed by atoms with van der Waals surface area (Å²) in [6.45, 7) is 4.08. The van der Waals surface area contributed by atoms with Crippen LogP contribution in [0.3, 0.4) is 0 Å². The Kier molecular flexibility index (Phi) is 8.84. The van der Waals surface area contributed by atoms with E-state index in [0.29, 0.717) is 54.1 Å². The molecule has 0 spiro atoms. The predicted molar refractivity (Wildman–Crippen MR) is 183 cm³/mol. The van der Waals surface area contributed by atoms with E-state index < -0.39 is 16.0 Å². The Bertz CT molecular complexity index is 1940. The zero-order chi connectivity index (χ0) is 31.0. The van der Waals surface area contributed by atoms with Gasteiger partial charge < -0.3 is 14.9 Å². The summed E-state index contributed by atoms with van der Waals surface area (Å²) in [5.41, 5.74) is 1.91. The summed E-state index contributed by atoms with van der Waals surface area (Å²) in [5, 5.41) is 14.1. The van der Waals surface area contributed by atoms with Crippen LogP contribution in [0, 0.1) is 6.92 Å². The van der Waals surface area contributed by atoms with Crippen LogP contribution in [0.5, 0.6) is 0 Å². The van der Waals surface area contributed by atoms with Crippen molar-refractivity contribution in [2.24, 2.45) is 0 Å². The molecule has 0 aliphatic carbocycles. The number of benzene rings is 2. The van der Waals surface area contributed by atoms with Gasteiger partial charge in [-0.2, -0.15) is 0 Å². The number of thiophene rings is 3. The third-order valence-corrected chi connectivity index (χ3v) is 13.5. The number of piperazine rings is 1. The summed E-state index contributed by atoms with van der Waals surface area (Å²) in [5.74, 6) is -1.03. The molecule has 0 atom stereocenters. The number of sulfonamides is 1. The number of aryl methyl sites for hydroxylation is 1. The number of rotatable bonds is 9. The van der Waals surface area contributed by atoms with Gasteiger partial charge in [-0.25, -0.2) is 13.2 Å². The van der Waals surface area contributed by atoms with Gasteiger partial charge in [0.1, 0.15) is 9.75 Å². The monoisotopic (exact) mass is 729 g/mol. The zero-order valence-corrected chi connectivity index (χ0v) is 28.5. The van der Waals surface area contributed by atoms with Crippen LogP contribution in [0.1, 0.15) is 29.8 Å². The van der Waals surface area contributed by atoms with Crippen LogP contribution < -0.4 is 9.21 Å². The molecule has 228 valence electrons. The highest BCUT2D eigenvalue weighted by atomic mass is 79.9. The second-order valence-electron chi connectivity index (χ2n) is 10.3. The van der Waals surface area contributed by atoms with Crippen molar-refractivity contribution in [1.82, 2.24) is 4.90 Å². The number of aromatic carboxylic acids is 1. The number of hydrogen-bond acceptors (Lipinski definition) is 8. The number of fused-ring (bicyclic) bond motifs is 1. The Morgan fingerprint density at radius 1 is 0.955 bits per heavy atom. The van der Waals surface area contributed by atoms with E-state index in [9.17, 15) is 23.1 Å². The fourth-order valence-corrected chi connectivity index (χ4v) is 10.2. The van der Waals surface area contributed by atoms with E-state index in [1.807, 2.05) is 58.1 Å². The lowest BCUT2D eigenvalue weighted by molar-refractivity contribution is 0.0700. The van der Waals surface area contributed by atoms with Crippen molar-refractivity contribution in [3.05, 3.63) is 96.1 Å². The van der Waals surface area contributed by atoms with E-state index in [4.69, 9.17) is 0 Å². The van der Waals surface area contributed by atoms with Gasteiger partial charge in [0.05, 0.1) is 16.3 Å². The number of hydrogen-bond donors (Lipinski definition) is 1. The third-order valence-electron chi connectivity index (χ3n) is 7.70. The smallest absolute Gasteiger partial charge is 0.346 e. The maximum atomic E-state index is 14.5. The van der Waals surface area contributed by atoms with Gasteiger partial charge in [-0.3, -0.25) is 9.10 Å². The zero-order valence-electron chi connectivity index (χ0n) is 23.6. The second kappa shape index (κ2) is 12.6. The van der Waals surface area contributed by atoms with Crippen molar-refractivity contribution < 1.29 is 23.1 Å². The lowest BCUT2D eigenvalue weighted by atomic mass is 10.1. The first-order chi connectivity index (χ1) is 21.1. The number of halogens is 1. The number of nitrogens with zero attached hydrogens (tertiary/aromatic N) is 3.